The summed E-state index contributed by atoms with van der Waals surface area (Å²) in [5, 5.41) is 14.6. The van der Waals surface area contributed by atoms with E-state index in [9.17, 15) is 9.18 Å². The number of hydrogen-bond acceptors (Lipinski definition) is 5. The molecule has 1 amide bonds. The maximum Gasteiger partial charge on any atom is 0.272 e. The normalized spacial score (nSPS) is 18.0. The van der Waals surface area contributed by atoms with Gasteiger partial charge in [-0.3, -0.25) is 4.79 Å². The molecule has 1 atom stereocenters. The van der Waals surface area contributed by atoms with Gasteiger partial charge in [0.05, 0.1) is 0 Å². The Labute approximate surface area is 139 Å². The van der Waals surface area contributed by atoms with Gasteiger partial charge in [-0.25, -0.2) is 4.39 Å². The first-order valence-electron chi connectivity index (χ1n) is 7.77. The van der Waals surface area contributed by atoms with Crippen LogP contribution in [-0.4, -0.2) is 57.2 Å². The van der Waals surface area contributed by atoms with Gasteiger partial charge in [-0.2, -0.15) is 4.68 Å². The molecule has 1 aliphatic heterocycles. The van der Waals surface area contributed by atoms with E-state index in [4.69, 9.17) is 0 Å². The minimum absolute atomic E-state index is 0.130. The predicted octanol–water partition coefficient (Wildman–Crippen LogP) is 0.939. The summed E-state index contributed by atoms with van der Waals surface area (Å²) in [4.78, 5) is 14.7. The van der Waals surface area contributed by atoms with Crippen LogP contribution in [0.1, 0.15) is 17.8 Å². The zero-order valence-corrected chi connectivity index (χ0v) is 13.6. The van der Waals surface area contributed by atoms with E-state index in [0.717, 1.165) is 19.5 Å². The lowest BCUT2D eigenvalue weighted by atomic mass is 10.1. The van der Waals surface area contributed by atoms with E-state index < -0.39 is 0 Å². The summed E-state index contributed by atoms with van der Waals surface area (Å²) in [5.41, 5.74) is 1.03. The van der Waals surface area contributed by atoms with Crippen LogP contribution < -0.4 is 5.32 Å². The smallest absolute Gasteiger partial charge is 0.272 e. The lowest BCUT2D eigenvalue weighted by Crippen LogP contribution is -2.39. The van der Waals surface area contributed by atoms with Gasteiger partial charge in [0, 0.05) is 19.6 Å². The highest BCUT2D eigenvalue weighted by Gasteiger charge is 2.27. The Bertz CT molecular complexity index is 748. The maximum absolute atomic E-state index is 13.1. The third kappa shape index (κ3) is 3.33. The molecular formula is C16H19FN6O. The maximum atomic E-state index is 13.1. The van der Waals surface area contributed by atoms with Crippen LogP contribution >= 0.6 is 0 Å². The first-order valence-corrected chi connectivity index (χ1v) is 7.77. The van der Waals surface area contributed by atoms with E-state index in [1.165, 1.54) is 16.8 Å². The van der Waals surface area contributed by atoms with Crippen molar-refractivity contribution in [1.82, 2.24) is 30.4 Å². The lowest BCUT2D eigenvalue weighted by molar-refractivity contribution is -0.125. The number of aromatic nitrogens is 4. The van der Waals surface area contributed by atoms with Crippen LogP contribution in [0.3, 0.4) is 0 Å². The van der Waals surface area contributed by atoms with Crippen molar-refractivity contribution in [2.75, 3.05) is 20.1 Å². The number of likely N-dealkylation sites (N-methyl/N-ethyl adjacent to an activating group) is 1. The van der Waals surface area contributed by atoms with Crippen molar-refractivity contribution in [2.24, 2.45) is 0 Å². The number of carbonyl (C=O) groups is 1. The SMILES string of the molecule is Cc1nnnn1/C(=C\c1ccc(F)cc1)C(=O)N(C)C1CCNC1. The Morgan fingerprint density at radius 2 is 2.17 bits per heavy atom. The number of nitrogens with zero attached hydrogens (tertiary/aromatic N) is 5. The molecule has 1 saturated heterocycles. The molecule has 0 bridgehead atoms. The minimum Gasteiger partial charge on any atom is -0.336 e. The number of hydrogen-bond donors (Lipinski definition) is 1. The second-order valence-corrected chi connectivity index (χ2v) is 5.78. The largest absolute Gasteiger partial charge is 0.336 e. The number of amides is 1. The molecule has 1 fully saturated rings. The van der Waals surface area contributed by atoms with E-state index in [1.807, 2.05) is 0 Å². The van der Waals surface area contributed by atoms with E-state index in [0.29, 0.717) is 17.1 Å². The van der Waals surface area contributed by atoms with Crippen molar-refractivity contribution in [2.45, 2.75) is 19.4 Å². The van der Waals surface area contributed by atoms with E-state index in [2.05, 4.69) is 20.8 Å². The molecule has 1 aromatic heterocycles. The summed E-state index contributed by atoms with van der Waals surface area (Å²) >= 11 is 0. The molecule has 8 heteroatoms. The topological polar surface area (TPSA) is 75.9 Å². The van der Waals surface area contributed by atoms with Crippen molar-refractivity contribution in [3.63, 3.8) is 0 Å². The summed E-state index contributed by atoms with van der Waals surface area (Å²) in [6, 6.07) is 6.06. The summed E-state index contributed by atoms with van der Waals surface area (Å²) in [6.07, 6.45) is 2.57. The van der Waals surface area contributed by atoms with E-state index >= 15 is 0 Å². The zero-order chi connectivity index (χ0) is 17.1. The first kappa shape index (κ1) is 16.3. The number of tetrazole rings is 1. The second kappa shape index (κ2) is 6.88. The lowest BCUT2D eigenvalue weighted by Gasteiger charge is -2.25. The molecule has 2 heterocycles. The number of aryl methyl sites for hydroxylation is 1. The molecule has 0 saturated carbocycles. The fourth-order valence-electron chi connectivity index (χ4n) is 2.70. The summed E-state index contributed by atoms with van der Waals surface area (Å²) < 4.78 is 14.5. The summed E-state index contributed by atoms with van der Waals surface area (Å²) in [7, 11) is 1.78. The molecule has 0 spiro atoms. The highest BCUT2D eigenvalue weighted by atomic mass is 19.1. The molecule has 2 aromatic rings. The van der Waals surface area contributed by atoms with Gasteiger partial charge < -0.3 is 10.2 Å². The Morgan fingerprint density at radius 3 is 2.75 bits per heavy atom. The van der Waals surface area contributed by atoms with Crippen molar-refractivity contribution in [1.29, 1.82) is 0 Å². The number of halogens is 1. The molecule has 126 valence electrons. The Balaban J connectivity index is 1.97. The molecule has 1 aliphatic rings. The number of benzene rings is 1. The van der Waals surface area contributed by atoms with Gasteiger partial charge in [0.25, 0.3) is 5.91 Å². The quantitative estimate of drug-likeness (QED) is 0.845. The molecule has 7 nitrogen and oxygen atoms in total. The van der Waals surface area contributed by atoms with Crippen molar-refractivity contribution in [3.8, 4) is 0 Å². The van der Waals surface area contributed by atoms with Crippen molar-refractivity contribution in [3.05, 3.63) is 41.5 Å². The monoisotopic (exact) mass is 330 g/mol. The zero-order valence-electron chi connectivity index (χ0n) is 13.6. The van der Waals surface area contributed by atoms with Crippen LogP contribution in [0.25, 0.3) is 11.8 Å². The molecule has 1 unspecified atom stereocenters. The average Bonchev–Trinajstić information content (AvgIpc) is 3.25. The highest BCUT2D eigenvalue weighted by molar-refractivity contribution is 6.18. The van der Waals surface area contributed by atoms with Gasteiger partial charge in [-0.05, 0) is 54.1 Å². The van der Waals surface area contributed by atoms with E-state index in [-0.39, 0.29) is 17.8 Å². The van der Waals surface area contributed by atoms with E-state index in [1.54, 1.807) is 37.1 Å². The van der Waals surface area contributed by atoms with Gasteiger partial charge in [0.15, 0.2) is 5.82 Å². The molecular weight excluding hydrogens is 311 g/mol. The van der Waals surface area contributed by atoms with Gasteiger partial charge in [0.2, 0.25) is 0 Å². The fraction of sp³-hybridized carbons (Fsp3) is 0.375. The van der Waals surface area contributed by atoms with Crippen LogP contribution in [0, 0.1) is 12.7 Å². The number of carbonyl (C=O) groups excluding carboxylic acids is 1. The van der Waals surface area contributed by atoms with Crippen LogP contribution in [0.5, 0.6) is 0 Å². The third-order valence-corrected chi connectivity index (χ3v) is 4.15. The third-order valence-electron chi connectivity index (χ3n) is 4.15. The Morgan fingerprint density at radius 1 is 1.42 bits per heavy atom. The van der Waals surface area contributed by atoms with Gasteiger partial charge in [0.1, 0.15) is 11.5 Å². The van der Waals surface area contributed by atoms with Gasteiger partial charge in [-0.15, -0.1) is 5.10 Å². The van der Waals surface area contributed by atoms with Crippen molar-refractivity contribution >= 4 is 17.7 Å². The highest BCUT2D eigenvalue weighted by Crippen LogP contribution is 2.17. The fourth-order valence-corrected chi connectivity index (χ4v) is 2.70. The van der Waals surface area contributed by atoms with Crippen molar-refractivity contribution < 1.29 is 9.18 Å². The molecule has 24 heavy (non-hydrogen) atoms. The van der Waals surface area contributed by atoms with Gasteiger partial charge in [-0.1, -0.05) is 12.1 Å². The van der Waals surface area contributed by atoms with Crippen LogP contribution in [0.2, 0.25) is 0 Å². The number of nitrogens with one attached hydrogen (secondary N) is 1. The van der Waals surface area contributed by atoms with Crippen LogP contribution in [0.4, 0.5) is 4.39 Å². The molecule has 3 rings (SSSR count). The Kier molecular flexibility index (Phi) is 4.66. The Hall–Kier alpha value is -2.61. The number of rotatable bonds is 4. The second-order valence-electron chi connectivity index (χ2n) is 5.78. The summed E-state index contributed by atoms with van der Waals surface area (Å²) in [5.74, 6) is 0.00543. The summed E-state index contributed by atoms with van der Waals surface area (Å²) in [6.45, 7) is 3.38. The molecule has 0 radical (unpaired) electrons. The molecule has 1 aromatic carbocycles. The van der Waals surface area contributed by atoms with Gasteiger partial charge >= 0.3 is 0 Å². The first-order chi connectivity index (χ1) is 11.6. The predicted molar refractivity (Wildman–Crippen MR) is 87.2 cm³/mol. The molecule has 1 N–H and O–H groups in total. The van der Waals surface area contributed by atoms with Crippen LogP contribution in [0.15, 0.2) is 24.3 Å². The molecule has 0 aliphatic carbocycles. The standard InChI is InChI=1S/C16H19FN6O/c1-11-19-20-21-23(11)15(9-12-3-5-13(17)6-4-12)16(24)22(2)14-7-8-18-10-14/h3-6,9,14,18H,7-8,10H2,1-2H3/b15-9-. The van der Waals surface area contributed by atoms with Crippen LogP contribution in [-0.2, 0) is 4.79 Å². The minimum atomic E-state index is -0.326. The average molecular weight is 330 g/mol.